The van der Waals surface area contributed by atoms with Gasteiger partial charge >= 0.3 is 0 Å². The van der Waals surface area contributed by atoms with Crippen molar-refractivity contribution in [2.45, 2.75) is 33.2 Å². The largest absolute Gasteiger partial charge is 0.381 e. The van der Waals surface area contributed by atoms with Crippen LogP contribution in [0.3, 0.4) is 0 Å². The van der Waals surface area contributed by atoms with Crippen LogP contribution >= 0.6 is 0 Å². The van der Waals surface area contributed by atoms with Crippen molar-refractivity contribution in [1.29, 1.82) is 0 Å². The molecule has 2 saturated heterocycles. The van der Waals surface area contributed by atoms with Gasteiger partial charge in [0.1, 0.15) is 0 Å². The van der Waals surface area contributed by atoms with Gasteiger partial charge in [-0.25, -0.2) is 0 Å². The number of aliphatic imine (C=N–C) groups is 1. The minimum Gasteiger partial charge on any atom is -0.381 e. The maximum Gasteiger partial charge on any atom is 0.226 e. The number of benzene rings is 1. The van der Waals surface area contributed by atoms with E-state index in [4.69, 9.17) is 4.74 Å². The van der Waals surface area contributed by atoms with Gasteiger partial charge in [-0.2, -0.15) is 0 Å². The van der Waals surface area contributed by atoms with E-state index >= 15 is 0 Å². The summed E-state index contributed by atoms with van der Waals surface area (Å²) in [5, 5.41) is 6.37. The predicted molar refractivity (Wildman–Crippen MR) is 104 cm³/mol. The Hall–Kier alpha value is -2.08. The van der Waals surface area contributed by atoms with Gasteiger partial charge in [-0.15, -0.1) is 0 Å². The maximum absolute atomic E-state index is 11.8. The molecular formula is C20H30N4O2. The molecule has 0 saturated carbocycles. The molecule has 1 atom stereocenters. The molecular weight excluding hydrogens is 328 g/mol. The molecule has 2 aliphatic rings. The second-order valence-electron chi connectivity index (χ2n) is 7.72. The first kappa shape index (κ1) is 18.7. The third-order valence-electron chi connectivity index (χ3n) is 5.33. The Balaban J connectivity index is 1.52. The zero-order chi connectivity index (χ0) is 18.6. The van der Waals surface area contributed by atoms with Gasteiger partial charge in [0.25, 0.3) is 0 Å². The minimum atomic E-state index is -0.0197. The van der Waals surface area contributed by atoms with E-state index in [1.54, 1.807) is 0 Å². The van der Waals surface area contributed by atoms with Crippen LogP contribution in [0.1, 0.15) is 32.3 Å². The zero-order valence-electron chi connectivity index (χ0n) is 16.0. The monoisotopic (exact) mass is 358 g/mol. The summed E-state index contributed by atoms with van der Waals surface area (Å²) in [6.07, 6.45) is 2.34. The van der Waals surface area contributed by atoms with Gasteiger partial charge in [-0.3, -0.25) is 9.79 Å². The summed E-state index contributed by atoms with van der Waals surface area (Å²) in [6.45, 7) is 8.31. The number of anilines is 1. The van der Waals surface area contributed by atoms with Crippen molar-refractivity contribution in [3.63, 3.8) is 0 Å². The first-order valence-corrected chi connectivity index (χ1v) is 9.44. The molecule has 2 fully saturated rings. The van der Waals surface area contributed by atoms with Crippen molar-refractivity contribution >= 4 is 17.6 Å². The average molecular weight is 358 g/mol. The Kier molecular flexibility index (Phi) is 5.81. The van der Waals surface area contributed by atoms with Crippen molar-refractivity contribution < 1.29 is 9.53 Å². The normalized spacial score (nSPS) is 23.1. The molecule has 1 aromatic carbocycles. The van der Waals surface area contributed by atoms with E-state index in [1.807, 2.05) is 45.2 Å². The topological polar surface area (TPSA) is 66.0 Å². The molecule has 3 rings (SSSR count). The van der Waals surface area contributed by atoms with Crippen LogP contribution in [0.25, 0.3) is 0 Å². The molecule has 1 aromatic rings. The quantitative estimate of drug-likeness (QED) is 0.641. The number of nitrogens with one attached hydrogen (secondary N) is 2. The van der Waals surface area contributed by atoms with Crippen molar-refractivity contribution in [3.05, 3.63) is 29.8 Å². The zero-order valence-corrected chi connectivity index (χ0v) is 16.0. The minimum absolute atomic E-state index is 0.0197. The number of ether oxygens (including phenoxy) is 1. The van der Waals surface area contributed by atoms with Gasteiger partial charge in [0.2, 0.25) is 5.91 Å². The van der Waals surface area contributed by atoms with E-state index in [-0.39, 0.29) is 11.8 Å². The second-order valence-corrected chi connectivity index (χ2v) is 7.72. The number of nitrogens with zero attached hydrogens (tertiary/aromatic N) is 2. The van der Waals surface area contributed by atoms with Crippen LogP contribution in [0, 0.1) is 11.3 Å². The molecule has 142 valence electrons. The lowest BCUT2D eigenvalue weighted by Crippen LogP contribution is -2.41. The first-order chi connectivity index (χ1) is 12.5. The van der Waals surface area contributed by atoms with Crippen molar-refractivity contribution in [1.82, 2.24) is 10.2 Å². The van der Waals surface area contributed by atoms with E-state index < -0.39 is 0 Å². The van der Waals surface area contributed by atoms with Crippen LogP contribution in [0.15, 0.2) is 29.3 Å². The van der Waals surface area contributed by atoms with Gasteiger partial charge in [0.15, 0.2) is 5.96 Å². The Morgan fingerprint density at radius 1 is 1.31 bits per heavy atom. The highest BCUT2D eigenvalue weighted by molar-refractivity contribution is 5.92. The molecule has 0 aromatic heterocycles. The summed E-state index contributed by atoms with van der Waals surface area (Å²) >= 11 is 0. The summed E-state index contributed by atoms with van der Waals surface area (Å²) in [5.74, 6) is 0.967. The van der Waals surface area contributed by atoms with E-state index in [2.05, 4.69) is 20.5 Å². The van der Waals surface area contributed by atoms with Gasteiger partial charge in [0.05, 0.1) is 6.61 Å². The van der Waals surface area contributed by atoms with Gasteiger partial charge < -0.3 is 20.3 Å². The number of likely N-dealkylation sites (tertiary alicyclic amines) is 1. The third-order valence-corrected chi connectivity index (χ3v) is 5.33. The smallest absolute Gasteiger partial charge is 0.226 e. The Bertz CT molecular complexity index is 648. The van der Waals surface area contributed by atoms with Crippen LogP contribution in [0.5, 0.6) is 0 Å². The summed E-state index contributed by atoms with van der Waals surface area (Å²) in [7, 11) is 1.84. The Morgan fingerprint density at radius 2 is 2.08 bits per heavy atom. The SMILES string of the molecule is CN=C(NCc1ccc(NC(=O)C(C)C)cc1)N1CCC2(CCOC2)C1. The van der Waals surface area contributed by atoms with E-state index in [0.29, 0.717) is 12.0 Å². The molecule has 1 spiro atoms. The van der Waals surface area contributed by atoms with Crippen molar-refractivity contribution in [2.75, 3.05) is 38.7 Å². The van der Waals surface area contributed by atoms with Gasteiger partial charge in [-0.05, 0) is 30.5 Å². The van der Waals surface area contributed by atoms with E-state index in [0.717, 1.165) is 49.9 Å². The van der Waals surface area contributed by atoms with Crippen LogP contribution < -0.4 is 10.6 Å². The number of hydrogen-bond acceptors (Lipinski definition) is 3. The van der Waals surface area contributed by atoms with E-state index in [9.17, 15) is 4.79 Å². The van der Waals surface area contributed by atoms with Gasteiger partial charge in [0, 0.05) is 50.3 Å². The number of amides is 1. The number of rotatable bonds is 4. The summed E-state index contributed by atoms with van der Waals surface area (Å²) in [4.78, 5) is 18.5. The molecule has 2 heterocycles. The third kappa shape index (κ3) is 4.36. The molecule has 0 radical (unpaired) electrons. The Labute approximate surface area is 156 Å². The molecule has 0 aliphatic carbocycles. The van der Waals surface area contributed by atoms with Gasteiger partial charge in [-0.1, -0.05) is 26.0 Å². The number of carbonyl (C=O) groups is 1. The highest BCUT2D eigenvalue weighted by atomic mass is 16.5. The van der Waals surface area contributed by atoms with Crippen molar-refractivity contribution in [3.8, 4) is 0 Å². The summed E-state index contributed by atoms with van der Waals surface area (Å²) in [5.41, 5.74) is 2.32. The molecule has 6 nitrogen and oxygen atoms in total. The van der Waals surface area contributed by atoms with Crippen LogP contribution in [-0.4, -0.2) is 50.1 Å². The Morgan fingerprint density at radius 3 is 2.69 bits per heavy atom. The van der Waals surface area contributed by atoms with Crippen molar-refractivity contribution in [2.24, 2.45) is 16.3 Å². The van der Waals surface area contributed by atoms with Crippen LogP contribution in [-0.2, 0) is 16.1 Å². The molecule has 6 heteroatoms. The lowest BCUT2D eigenvalue weighted by Gasteiger charge is -2.25. The fraction of sp³-hybridized carbons (Fsp3) is 0.600. The van der Waals surface area contributed by atoms with Crippen LogP contribution in [0.2, 0.25) is 0 Å². The summed E-state index contributed by atoms with van der Waals surface area (Å²) in [6, 6.07) is 7.96. The fourth-order valence-corrected chi connectivity index (χ4v) is 3.59. The number of carbonyl (C=O) groups excluding carboxylic acids is 1. The van der Waals surface area contributed by atoms with E-state index in [1.165, 1.54) is 6.42 Å². The predicted octanol–water partition coefficient (Wildman–Crippen LogP) is 2.47. The lowest BCUT2D eigenvalue weighted by atomic mass is 9.87. The molecule has 0 bridgehead atoms. The molecule has 2 N–H and O–H groups in total. The molecule has 1 unspecified atom stereocenters. The first-order valence-electron chi connectivity index (χ1n) is 9.44. The lowest BCUT2D eigenvalue weighted by molar-refractivity contribution is -0.118. The van der Waals surface area contributed by atoms with Crippen LogP contribution in [0.4, 0.5) is 5.69 Å². The molecule has 26 heavy (non-hydrogen) atoms. The molecule has 1 amide bonds. The summed E-state index contributed by atoms with van der Waals surface area (Å²) < 4.78 is 5.61. The second kappa shape index (κ2) is 8.08. The molecule has 2 aliphatic heterocycles. The highest BCUT2D eigenvalue weighted by Gasteiger charge is 2.42. The standard InChI is InChI=1S/C20H30N4O2/c1-15(2)18(25)23-17-6-4-16(5-7-17)12-22-19(21-3)24-10-8-20(13-24)9-11-26-14-20/h4-7,15H,8-14H2,1-3H3,(H,21,22)(H,23,25). The number of guanidine groups is 1. The number of hydrogen-bond donors (Lipinski definition) is 2. The average Bonchev–Trinajstić information content (AvgIpc) is 3.27. The fourth-order valence-electron chi connectivity index (χ4n) is 3.59. The maximum atomic E-state index is 11.8. The highest BCUT2D eigenvalue weighted by Crippen LogP contribution is 2.38.